The van der Waals surface area contributed by atoms with Crippen molar-refractivity contribution in [3.8, 4) is 0 Å². The average Bonchev–Trinajstić information content (AvgIpc) is 2.57. The molecule has 0 spiro atoms. The van der Waals surface area contributed by atoms with Gasteiger partial charge in [-0.3, -0.25) is 10.1 Å². The first-order valence-corrected chi connectivity index (χ1v) is 4.09. The second kappa shape index (κ2) is 4.45. The highest BCUT2D eigenvalue weighted by Gasteiger charge is 2.32. The van der Waals surface area contributed by atoms with Gasteiger partial charge in [0.2, 0.25) is 0 Å². The van der Waals surface area contributed by atoms with Gasteiger partial charge in [0.1, 0.15) is 6.61 Å². The Bertz CT molecular complexity index is 278. The number of hydrogen-bond acceptors (Lipinski definition) is 6. The Morgan fingerprint density at radius 3 is 2.93 bits per heavy atom. The number of nitrogens with zero attached hydrogens (tertiary/aromatic N) is 1. The molecule has 7 heteroatoms. The van der Waals surface area contributed by atoms with E-state index in [0.717, 1.165) is 0 Å². The minimum Gasteiger partial charge on any atom is -0.472 e. The molecular weight excluding hydrogens is 192 g/mol. The summed E-state index contributed by atoms with van der Waals surface area (Å²) < 4.78 is 9.39. The summed E-state index contributed by atoms with van der Waals surface area (Å²) in [6.07, 6.45) is 0. The number of carbonyl (C=O) groups is 1. The van der Waals surface area contributed by atoms with Gasteiger partial charge in [-0.1, -0.05) is 0 Å². The number of nitro groups is 1. The number of hydrogen-bond donors (Lipinski definition) is 1. The molecule has 1 N–H and O–H groups in total. The first kappa shape index (κ1) is 10.3. The Hall–Kier alpha value is -1.79. The summed E-state index contributed by atoms with van der Waals surface area (Å²) in [4.78, 5) is 20.8. The fourth-order valence-electron chi connectivity index (χ4n) is 0.970. The molecule has 1 aliphatic heterocycles. The van der Waals surface area contributed by atoms with E-state index in [0.29, 0.717) is 13.2 Å². The first-order chi connectivity index (χ1) is 6.66. The van der Waals surface area contributed by atoms with Gasteiger partial charge in [-0.2, -0.15) is 0 Å². The summed E-state index contributed by atoms with van der Waals surface area (Å²) in [6.45, 7) is 2.42. The third kappa shape index (κ3) is 2.12. The topological polar surface area (TPSA) is 90.7 Å². The maximum atomic E-state index is 11.1. The van der Waals surface area contributed by atoms with Gasteiger partial charge in [-0.05, 0) is 6.92 Å². The smallest absolute Gasteiger partial charge is 0.415 e. The first-order valence-electron chi connectivity index (χ1n) is 4.09. The van der Waals surface area contributed by atoms with E-state index in [1.54, 1.807) is 6.92 Å². The molecule has 1 saturated heterocycles. The number of nitrogens with one attached hydrogen (secondary N) is 1. The van der Waals surface area contributed by atoms with Crippen LogP contribution in [0.3, 0.4) is 0 Å². The molecule has 1 fully saturated rings. The van der Waals surface area contributed by atoms with Crippen molar-refractivity contribution in [3.05, 3.63) is 21.7 Å². The normalized spacial score (nSPS) is 18.1. The van der Waals surface area contributed by atoms with Crippen LogP contribution in [0.2, 0.25) is 0 Å². The Balaban J connectivity index is 2.88. The Morgan fingerprint density at radius 1 is 1.79 bits per heavy atom. The van der Waals surface area contributed by atoms with E-state index in [4.69, 9.17) is 4.74 Å². The van der Waals surface area contributed by atoms with Crippen molar-refractivity contribution in [1.29, 1.82) is 0 Å². The van der Waals surface area contributed by atoms with Crippen LogP contribution in [0.4, 0.5) is 0 Å². The van der Waals surface area contributed by atoms with Gasteiger partial charge < -0.3 is 14.8 Å². The lowest BCUT2D eigenvalue weighted by Crippen LogP contribution is -2.21. The number of carbonyl (C=O) groups excluding carboxylic acids is 1. The standard InChI is InChI=1S/C7H10N2O5/c1-2-13-7(10)5(9(11)12)6-8-3-4-14-6/h8H,2-4H2,1H3. The Kier molecular flexibility index (Phi) is 3.27. The molecule has 0 aromatic heterocycles. The molecule has 0 aliphatic carbocycles. The fourth-order valence-corrected chi connectivity index (χ4v) is 0.970. The molecule has 78 valence electrons. The van der Waals surface area contributed by atoms with Crippen molar-refractivity contribution in [1.82, 2.24) is 5.32 Å². The molecule has 0 amide bonds. The summed E-state index contributed by atoms with van der Waals surface area (Å²) in [5, 5.41) is 13.1. The van der Waals surface area contributed by atoms with E-state index in [1.165, 1.54) is 0 Å². The van der Waals surface area contributed by atoms with Gasteiger partial charge in [0.25, 0.3) is 5.88 Å². The molecule has 1 aliphatic rings. The average molecular weight is 202 g/mol. The van der Waals surface area contributed by atoms with Crippen LogP contribution < -0.4 is 5.32 Å². The molecule has 1 heterocycles. The third-order valence-electron chi connectivity index (χ3n) is 1.50. The van der Waals surface area contributed by atoms with E-state index < -0.39 is 16.6 Å². The third-order valence-corrected chi connectivity index (χ3v) is 1.50. The van der Waals surface area contributed by atoms with Gasteiger partial charge in [0.15, 0.2) is 0 Å². The van der Waals surface area contributed by atoms with E-state index in [-0.39, 0.29) is 12.5 Å². The van der Waals surface area contributed by atoms with Crippen molar-refractivity contribution in [2.24, 2.45) is 0 Å². The number of rotatable bonds is 3. The van der Waals surface area contributed by atoms with Crippen LogP contribution in [0.15, 0.2) is 11.6 Å². The van der Waals surface area contributed by atoms with Crippen molar-refractivity contribution in [2.75, 3.05) is 19.8 Å². The molecule has 0 unspecified atom stereocenters. The van der Waals surface area contributed by atoms with E-state index in [2.05, 4.69) is 10.1 Å². The van der Waals surface area contributed by atoms with Crippen molar-refractivity contribution in [2.45, 2.75) is 6.92 Å². The van der Waals surface area contributed by atoms with Crippen LogP contribution in [0, 0.1) is 10.1 Å². The second-order valence-electron chi connectivity index (χ2n) is 2.43. The molecule has 0 radical (unpaired) electrons. The predicted molar refractivity (Wildman–Crippen MR) is 44.6 cm³/mol. The summed E-state index contributed by atoms with van der Waals surface area (Å²) >= 11 is 0. The number of ether oxygens (including phenoxy) is 2. The lowest BCUT2D eigenvalue weighted by Gasteiger charge is -2.01. The molecule has 14 heavy (non-hydrogen) atoms. The second-order valence-corrected chi connectivity index (χ2v) is 2.43. The van der Waals surface area contributed by atoms with E-state index in [1.807, 2.05) is 0 Å². The maximum Gasteiger partial charge on any atom is 0.415 e. The molecule has 0 aromatic rings. The zero-order chi connectivity index (χ0) is 10.6. The zero-order valence-corrected chi connectivity index (χ0v) is 7.61. The van der Waals surface area contributed by atoms with Crippen LogP contribution in [0.5, 0.6) is 0 Å². The van der Waals surface area contributed by atoms with Gasteiger partial charge in [-0.15, -0.1) is 0 Å². The van der Waals surface area contributed by atoms with Crippen LogP contribution in [-0.2, 0) is 14.3 Å². The molecular formula is C7H10N2O5. The van der Waals surface area contributed by atoms with E-state index in [9.17, 15) is 14.9 Å². The van der Waals surface area contributed by atoms with Gasteiger partial charge in [0.05, 0.1) is 18.1 Å². The van der Waals surface area contributed by atoms with Crippen LogP contribution in [0.25, 0.3) is 0 Å². The minimum atomic E-state index is -0.984. The van der Waals surface area contributed by atoms with Crippen molar-refractivity contribution in [3.63, 3.8) is 0 Å². The summed E-state index contributed by atoms with van der Waals surface area (Å²) in [5.74, 6) is -1.10. The van der Waals surface area contributed by atoms with Gasteiger partial charge in [0, 0.05) is 0 Å². The molecule has 0 bridgehead atoms. The van der Waals surface area contributed by atoms with Crippen LogP contribution in [0.1, 0.15) is 6.92 Å². The van der Waals surface area contributed by atoms with Gasteiger partial charge in [-0.25, -0.2) is 4.79 Å². The SMILES string of the molecule is CCOC(=O)C(=C1NCCO1)[N+](=O)[O-]. The Morgan fingerprint density at radius 2 is 2.50 bits per heavy atom. The number of esters is 1. The summed E-state index contributed by atoms with van der Waals surface area (Å²) in [6, 6.07) is 0. The van der Waals surface area contributed by atoms with Crippen molar-refractivity contribution < 1.29 is 19.2 Å². The molecule has 1 rings (SSSR count). The molecule has 0 saturated carbocycles. The predicted octanol–water partition coefficient (Wildman–Crippen LogP) is -0.385. The summed E-state index contributed by atoms with van der Waals surface area (Å²) in [5.41, 5.74) is -0.677. The van der Waals surface area contributed by atoms with Crippen LogP contribution >= 0.6 is 0 Å². The Labute approximate surface area is 79.8 Å². The molecule has 0 aromatic carbocycles. The quantitative estimate of drug-likeness (QED) is 0.290. The van der Waals surface area contributed by atoms with E-state index >= 15 is 0 Å². The minimum absolute atomic E-state index is 0.0868. The lowest BCUT2D eigenvalue weighted by molar-refractivity contribution is -0.424. The largest absolute Gasteiger partial charge is 0.472 e. The summed E-state index contributed by atoms with van der Waals surface area (Å²) in [7, 11) is 0. The zero-order valence-electron chi connectivity index (χ0n) is 7.61. The fraction of sp³-hybridized carbons (Fsp3) is 0.571. The maximum absolute atomic E-state index is 11.1. The molecule has 7 nitrogen and oxygen atoms in total. The monoisotopic (exact) mass is 202 g/mol. The lowest BCUT2D eigenvalue weighted by atomic mass is 10.4. The highest BCUT2D eigenvalue weighted by Crippen LogP contribution is 2.10. The van der Waals surface area contributed by atoms with Crippen LogP contribution in [-0.4, -0.2) is 30.7 Å². The highest BCUT2D eigenvalue weighted by molar-refractivity contribution is 5.86. The highest BCUT2D eigenvalue weighted by atomic mass is 16.6. The van der Waals surface area contributed by atoms with Crippen molar-refractivity contribution >= 4 is 5.97 Å². The van der Waals surface area contributed by atoms with Gasteiger partial charge >= 0.3 is 11.7 Å². The molecule has 0 atom stereocenters.